The Bertz CT molecular complexity index is 1120. The van der Waals surface area contributed by atoms with Crippen LogP contribution in [0.25, 0.3) is 5.57 Å². The predicted molar refractivity (Wildman–Crippen MR) is 139 cm³/mol. The van der Waals surface area contributed by atoms with E-state index in [1.165, 1.54) is 60.5 Å². The van der Waals surface area contributed by atoms with Gasteiger partial charge in [-0.2, -0.15) is 0 Å². The lowest BCUT2D eigenvalue weighted by atomic mass is 9.82. The highest BCUT2D eigenvalue weighted by molar-refractivity contribution is 7.80. The molecular formula is C30H32P. The van der Waals surface area contributed by atoms with E-state index in [0.717, 1.165) is 6.42 Å². The van der Waals surface area contributed by atoms with Crippen molar-refractivity contribution < 1.29 is 0 Å². The molecule has 3 aromatic carbocycles. The predicted octanol–water partition coefficient (Wildman–Crippen LogP) is 7.09. The van der Waals surface area contributed by atoms with Crippen LogP contribution in [0.5, 0.6) is 0 Å². The topological polar surface area (TPSA) is 0 Å². The smallest absolute Gasteiger partial charge is 0.00434 e. The van der Waals surface area contributed by atoms with Gasteiger partial charge in [0.05, 0.1) is 0 Å². The number of allylic oxidation sites excluding steroid dienone is 4. The van der Waals surface area contributed by atoms with Gasteiger partial charge in [0.15, 0.2) is 0 Å². The molecule has 0 aromatic heterocycles. The maximum atomic E-state index is 2.47. The summed E-state index contributed by atoms with van der Waals surface area (Å²) >= 11 is 0. The summed E-state index contributed by atoms with van der Waals surface area (Å²) in [6, 6.07) is 24.6. The summed E-state index contributed by atoms with van der Waals surface area (Å²) < 4.78 is 0. The molecular weight excluding hydrogens is 391 g/mol. The van der Waals surface area contributed by atoms with Crippen LogP contribution in [-0.4, -0.2) is 0 Å². The third-order valence-corrected chi connectivity index (χ3v) is 9.36. The zero-order chi connectivity index (χ0) is 22.1. The highest BCUT2D eigenvalue weighted by atomic mass is 31.1. The van der Waals surface area contributed by atoms with Gasteiger partial charge < -0.3 is 0 Å². The van der Waals surface area contributed by atoms with Gasteiger partial charge in [-0.05, 0) is 117 Å². The molecule has 0 unspecified atom stereocenters. The first-order valence-electron chi connectivity index (χ1n) is 11.1. The first-order valence-corrected chi connectivity index (χ1v) is 12.5. The maximum absolute atomic E-state index is 2.47. The minimum absolute atomic E-state index is 0.651. The minimum atomic E-state index is -0.651. The van der Waals surface area contributed by atoms with Gasteiger partial charge in [-0.25, -0.2) is 0 Å². The van der Waals surface area contributed by atoms with Crippen molar-refractivity contribution in [2.24, 2.45) is 0 Å². The normalized spacial score (nSPS) is 14.5. The van der Waals surface area contributed by atoms with Gasteiger partial charge in [-0.3, -0.25) is 0 Å². The van der Waals surface area contributed by atoms with E-state index in [0.29, 0.717) is 0 Å². The lowest BCUT2D eigenvalue weighted by molar-refractivity contribution is 1.06. The molecule has 0 spiro atoms. The van der Waals surface area contributed by atoms with Crippen molar-refractivity contribution in [3.05, 3.63) is 112 Å². The standard InChI is InChI=1S/C30H32P/c1-20-17-18-28(24(5)22(20)3)30-25(6)23(4)21(2)19-29(30)31(26-13-9-7-10-14-26)27-15-11-8-12-16-27/h7-16,18-19H,17H2,1-6H3. The fourth-order valence-corrected chi connectivity index (χ4v) is 7.16. The molecule has 0 saturated carbocycles. The molecule has 3 aromatic rings. The summed E-state index contributed by atoms with van der Waals surface area (Å²) in [5, 5.41) is 4.29. The summed E-state index contributed by atoms with van der Waals surface area (Å²) in [5.41, 5.74) is 11.5. The summed E-state index contributed by atoms with van der Waals surface area (Å²) in [5.74, 6) is 0. The molecule has 31 heavy (non-hydrogen) atoms. The molecule has 1 aliphatic rings. The Kier molecular flexibility index (Phi) is 6.31. The zero-order valence-corrected chi connectivity index (χ0v) is 20.5. The molecule has 157 valence electrons. The molecule has 1 heteroatoms. The largest absolute Gasteiger partial charge is 0.0695 e. The minimum Gasteiger partial charge on any atom is -0.0695 e. The molecule has 0 fully saturated rings. The Morgan fingerprint density at radius 1 is 0.645 bits per heavy atom. The Hall–Kier alpha value is -2.43. The van der Waals surface area contributed by atoms with Gasteiger partial charge in [0.1, 0.15) is 0 Å². The van der Waals surface area contributed by atoms with Crippen molar-refractivity contribution in [1.82, 2.24) is 0 Å². The van der Waals surface area contributed by atoms with Crippen molar-refractivity contribution in [1.29, 1.82) is 0 Å². The van der Waals surface area contributed by atoms with Gasteiger partial charge in [-0.1, -0.05) is 72.3 Å². The van der Waals surface area contributed by atoms with E-state index in [-0.39, 0.29) is 0 Å². The lowest BCUT2D eigenvalue weighted by Crippen LogP contribution is -2.25. The Morgan fingerprint density at radius 3 is 1.74 bits per heavy atom. The maximum Gasteiger partial charge on any atom is -0.00434 e. The third-order valence-electron chi connectivity index (χ3n) is 6.90. The molecule has 0 N–H and O–H groups in total. The Morgan fingerprint density at radius 2 is 1.19 bits per heavy atom. The molecule has 0 bridgehead atoms. The van der Waals surface area contributed by atoms with Crippen LogP contribution in [0.3, 0.4) is 0 Å². The van der Waals surface area contributed by atoms with Crippen LogP contribution in [0.15, 0.2) is 83.4 Å². The highest BCUT2D eigenvalue weighted by Gasteiger charge is 2.26. The van der Waals surface area contributed by atoms with Gasteiger partial charge >= 0.3 is 0 Å². The molecule has 0 saturated heterocycles. The lowest BCUT2D eigenvalue weighted by Gasteiger charge is -2.29. The van der Waals surface area contributed by atoms with Crippen LogP contribution in [0.2, 0.25) is 0 Å². The van der Waals surface area contributed by atoms with E-state index < -0.39 is 7.92 Å². The van der Waals surface area contributed by atoms with E-state index in [4.69, 9.17) is 0 Å². The van der Waals surface area contributed by atoms with E-state index in [1.807, 2.05) is 0 Å². The first-order chi connectivity index (χ1) is 14.9. The molecule has 0 aliphatic heterocycles. The quantitative estimate of drug-likeness (QED) is 0.393. The Labute approximate surface area is 189 Å². The van der Waals surface area contributed by atoms with Crippen LogP contribution in [0.1, 0.15) is 49.4 Å². The van der Waals surface area contributed by atoms with Crippen LogP contribution in [-0.2, 0) is 0 Å². The zero-order valence-electron chi connectivity index (χ0n) is 19.6. The van der Waals surface area contributed by atoms with Crippen LogP contribution in [0.4, 0.5) is 0 Å². The third kappa shape index (κ3) is 4.07. The average molecular weight is 424 g/mol. The monoisotopic (exact) mass is 423 g/mol. The van der Waals surface area contributed by atoms with Crippen LogP contribution >= 0.6 is 7.92 Å². The number of benzene rings is 3. The number of aryl methyl sites for hydroxylation is 1. The first kappa shape index (κ1) is 21.8. The van der Waals surface area contributed by atoms with Gasteiger partial charge in [0, 0.05) is 0 Å². The molecule has 0 amide bonds. The average Bonchev–Trinajstić information content (AvgIpc) is 2.79. The van der Waals surface area contributed by atoms with Crippen molar-refractivity contribution in [2.45, 2.75) is 48.0 Å². The van der Waals surface area contributed by atoms with Gasteiger partial charge in [0.25, 0.3) is 0 Å². The number of hydrogen-bond donors (Lipinski definition) is 0. The van der Waals surface area contributed by atoms with Crippen LogP contribution in [0, 0.1) is 27.2 Å². The van der Waals surface area contributed by atoms with E-state index >= 15 is 0 Å². The van der Waals surface area contributed by atoms with E-state index in [1.54, 1.807) is 0 Å². The summed E-state index contributed by atoms with van der Waals surface area (Å²) in [4.78, 5) is 0. The Balaban J connectivity index is 2.06. The second-order valence-corrected chi connectivity index (χ2v) is 10.9. The van der Waals surface area contributed by atoms with Gasteiger partial charge in [0.2, 0.25) is 0 Å². The fourth-order valence-electron chi connectivity index (χ4n) is 4.53. The SMILES string of the molecule is CC1=C(C)C(C)=C(c2c(P(c3ccccc3)c3ccccc3)cc(C)c(C)c2C)[CH]C1. The fraction of sp³-hybridized carbons (Fsp3) is 0.233. The van der Waals surface area contributed by atoms with Crippen molar-refractivity contribution >= 4 is 29.4 Å². The van der Waals surface area contributed by atoms with E-state index in [9.17, 15) is 0 Å². The molecule has 1 aliphatic carbocycles. The molecule has 4 rings (SSSR count). The number of hydrogen-bond acceptors (Lipinski definition) is 0. The molecule has 0 atom stereocenters. The van der Waals surface area contributed by atoms with Crippen molar-refractivity contribution in [3.63, 3.8) is 0 Å². The van der Waals surface area contributed by atoms with Crippen molar-refractivity contribution in [3.8, 4) is 0 Å². The van der Waals surface area contributed by atoms with Crippen molar-refractivity contribution in [2.75, 3.05) is 0 Å². The summed E-state index contributed by atoms with van der Waals surface area (Å²) in [7, 11) is -0.651. The highest BCUT2D eigenvalue weighted by Crippen LogP contribution is 2.42. The van der Waals surface area contributed by atoms with Crippen LogP contribution < -0.4 is 15.9 Å². The molecule has 0 nitrogen and oxygen atoms in total. The molecule has 1 radical (unpaired) electrons. The molecule has 0 heterocycles. The second kappa shape index (κ2) is 8.97. The van der Waals surface area contributed by atoms with E-state index in [2.05, 4.69) is 115 Å². The number of rotatable bonds is 4. The summed E-state index contributed by atoms with van der Waals surface area (Å²) in [6.07, 6.45) is 3.50. The van der Waals surface area contributed by atoms with Gasteiger partial charge in [-0.15, -0.1) is 0 Å². The second-order valence-electron chi connectivity index (χ2n) is 8.70. The summed E-state index contributed by atoms with van der Waals surface area (Å²) in [6.45, 7) is 13.7.